The van der Waals surface area contributed by atoms with Crippen LogP contribution in [0.1, 0.15) is 32.7 Å². The van der Waals surface area contributed by atoms with Crippen LogP contribution in [-0.4, -0.2) is 35.4 Å². The highest BCUT2D eigenvalue weighted by Gasteiger charge is 2.35. The fourth-order valence-corrected chi connectivity index (χ4v) is 3.90. The van der Waals surface area contributed by atoms with E-state index in [9.17, 15) is 9.59 Å². The predicted molar refractivity (Wildman–Crippen MR) is 121 cm³/mol. The van der Waals surface area contributed by atoms with E-state index in [0.717, 1.165) is 16.8 Å². The summed E-state index contributed by atoms with van der Waals surface area (Å²) >= 11 is 6.49. The average molecular weight is 436 g/mol. The third kappa shape index (κ3) is 3.64. The molecule has 158 valence electrons. The molecule has 3 aromatic rings. The Morgan fingerprint density at radius 1 is 1.06 bits per heavy atom. The molecule has 1 unspecified atom stereocenters. The van der Waals surface area contributed by atoms with Crippen molar-refractivity contribution in [2.75, 3.05) is 11.9 Å². The topological polar surface area (TPSA) is 63.9 Å². The molecule has 0 aliphatic carbocycles. The third-order valence-corrected chi connectivity index (χ3v) is 5.89. The van der Waals surface area contributed by atoms with Crippen molar-refractivity contribution in [1.29, 1.82) is 0 Å². The molecule has 0 saturated carbocycles. The maximum atomic E-state index is 13.2. The second kappa shape index (κ2) is 8.04. The van der Waals surface area contributed by atoms with Gasteiger partial charge < -0.3 is 14.2 Å². The van der Waals surface area contributed by atoms with Crippen LogP contribution in [0.3, 0.4) is 0 Å². The number of nitrogens with zero attached hydrogens (tertiary/aromatic N) is 3. The van der Waals surface area contributed by atoms with E-state index in [1.54, 1.807) is 25.2 Å². The SMILES string of the molecule is Cc1ccccc1C(=O)OC1N=C(c2ccccc2Cl)c2c(cn(C)c2C)N(C)C1=O. The molecule has 31 heavy (non-hydrogen) atoms. The molecular weight excluding hydrogens is 414 g/mol. The highest BCUT2D eigenvalue weighted by molar-refractivity contribution is 6.36. The molecule has 7 heteroatoms. The van der Waals surface area contributed by atoms with Crippen molar-refractivity contribution in [3.05, 3.63) is 87.7 Å². The van der Waals surface area contributed by atoms with Crippen molar-refractivity contribution in [3.63, 3.8) is 0 Å². The van der Waals surface area contributed by atoms with E-state index in [4.69, 9.17) is 16.3 Å². The Balaban J connectivity index is 1.86. The zero-order chi connectivity index (χ0) is 22.3. The number of anilines is 1. The minimum absolute atomic E-state index is 0.395. The molecule has 0 fully saturated rings. The third-order valence-electron chi connectivity index (χ3n) is 5.56. The molecule has 2 aromatic carbocycles. The number of carbonyl (C=O) groups is 2. The van der Waals surface area contributed by atoms with Crippen LogP contribution < -0.4 is 4.90 Å². The van der Waals surface area contributed by atoms with E-state index < -0.39 is 18.1 Å². The Bertz CT molecular complexity index is 1230. The number of aliphatic imine (C=N–C) groups is 1. The summed E-state index contributed by atoms with van der Waals surface area (Å²) in [6.45, 7) is 3.76. The number of halogens is 1. The van der Waals surface area contributed by atoms with E-state index in [1.807, 2.05) is 62.0 Å². The maximum Gasteiger partial charge on any atom is 0.340 e. The van der Waals surface area contributed by atoms with Gasteiger partial charge in [0.2, 0.25) is 0 Å². The lowest BCUT2D eigenvalue weighted by Crippen LogP contribution is -2.37. The predicted octanol–water partition coefficient (Wildman–Crippen LogP) is 4.29. The Morgan fingerprint density at radius 3 is 2.45 bits per heavy atom. The number of rotatable bonds is 3. The minimum atomic E-state index is -1.33. The lowest BCUT2D eigenvalue weighted by Gasteiger charge is -2.19. The van der Waals surface area contributed by atoms with Crippen LogP contribution >= 0.6 is 11.6 Å². The van der Waals surface area contributed by atoms with Gasteiger partial charge in [-0.3, -0.25) is 4.79 Å². The zero-order valence-electron chi connectivity index (χ0n) is 17.7. The van der Waals surface area contributed by atoms with Crippen molar-refractivity contribution >= 4 is 34.9 Å². The number of carbonyl (C=O) groups excluding carboxylic acids is 2. The number of amides is 1. The van der Waals surface area contributed by atoms with Gasteiger partial charge in [0.25, 0.3) is 12.1 Å². The molecular formula is C24H22ClN3O3. The number of hydrogen-bond acceptors (Lipinski definition) is 4. The van der Waals surface area contributed by atoms with Crippen LogP contribution in [0, 0.1) is 13.8 Å². The lowest BCUT2D eigenvalue weighted by atomic mass is 10.0. The van der Waals surface area contributed by atoms with E-state index in [0.29, 0.717) is 27.5 Å². The number of hydrogen-bond donors (Lipinski definition) is 0. The van der Waals surface area contributed by atoms with Gasteiger partial charge in [0.1, 0.15) is 0 Å². The quantitative estimate of drug-likeness (QED) is 0.576. The summed E-state index contributed by atoms with van der Waals surface area (Å²) in [7, 11) is 3.56. The van der Waals surface area contributed by atoms with Crippen LogP contribution in [0.2, 0.25) is 5.02 Å². The fraction of sp³-hybridized carbons (Fsp3) is 0.208. The average Bonchev–Trinajstić information content (AvgIpc) is 3.00. The Morgan fingerprint density at radius 2 is 1.74 bits per heavy atom. The van der Waals surface area contributed by atoms with Gasteiger partial charge in [0, 0.05) is 42.1 Å². The smallest absolute Gasteiger partial charge is 0.340 e. The molecule has 0 spiro atoms. The minimum Gasteiger partial charge on any atom is -0.426 e. The Kier molecular flexibility index (Phi) is 5.41. The standard InChI is InChI=1S/C24H22ClN3O3/c1-14-9-5-6-10-16(14)24(30)31-22-23(29)28(4)19-13-27(3)15(2)20(19)21(26-22)17-11-7-8-12-18(17)25/h5-13,22H,1-4H3. The molecule has 1 amide bonds. The fourth-order valence-electron chi connectivity index (χ4n) is 3.68. The molecule has 0 bridgehead atoms. The Hall–Kier alpha value is -3.38. The first kappa shape index (κ1) is 20.9. The number of benzene rings is 2. The van der Waals surface area contributed by atoms with E-state index in [-0.39, 0.29) is 0 Å². The van der Waals surface area contributed by atoms with Crippen LogP contribution in [0.4, 0.5) is 5.69 Å². The molecule has 1 aliphatic rings. The summed E-state index contributed by atoms with van der Waals surface area (Å²) in [5.41, 5.74) is 4.71. The highest BCUT2D eigenvalue weighted by atomic mass is 35.5. The molecule has 6 nitrogen and oxygen atoms in total. The first-order valence-corrected chi connectivity index (χ1v) is 10.2. The summed E-state index contributed by atoms with van der Waals surface area (Å²) in [6, 6.07) is 14.4. The number of esters is 1. The molecule has 1 aliphatic heterocycles. The number of aryl methyl sites for hydroxylation is 2. The second-order valence-electron chi connectivity index (χ2n) is 7.51. The van der Waals surface area contributed by atoms with Gasteiger partial charge in [-0.15, -0.1) is 0 Å². The van der Waals surface area contributed by atoms with Crippen LogP contribution in [0.15, 0.2) is 59.7 Å². The highest BCUT2D eigenvalue weighted by Crippen LogP contribution is 2.33. The largest absolute Gasteiger partial charge is 0.426 e. The van der Waals surface area contributed by atoms with Gasteiger partial charge in [-0.1, -0.05) is 48.0 Å². The number of likely N-dealkylation sites (N-methyl/N-ethyl adjacent to an activating group) is 1. The van der Waals surface area contributed by atoms with Crippen molar-refractivity contribution in [3.8, 4) is 0 Å². The Labute approximate surface area is 185 Å². The number of aromatic nitrogens is 1. The number of fused-ring (bicyclic) bond motifs is 1. The van der Waals surface area contributed by atoms with Crippen LogP contribution in [-0.2, 0) is 16.6 Å². The van der Waals surface area contributed by atoms with Crippen molar-refractivity contribution < 1.29 is 14.3 Å². The molecule has 2 heterocycles. The molecule has 4 rings (SSSR count). The van der Waals surface area contributed by atoms with Crippen LogP contribution in [0.25, 0.3) is 0 Å². The summed E-state index contributed by atoms with van der Waals surface area (Å²) in [6.07, 6.45) is 0.529. The molecule has 1 aromatic heterocycles. The summed E-state index contributed by atoms with van der Waals surface area (Å²) in [5.74, 6) is -1.04. The van der Waals surface area contributed by atoms with E-state index in [2.05, 4.69) is 4.99 Å². The second-order valence-corrected chi connectivity index (χ2v) is 7.92. The van der Waals surface area contributed by atoms with Gasteiger partial charge in [-0.05, 0) is 31.5 Å². The van der Waals surface area contributed by atoms with Gasteiger partial charge in [0.15, 0.2) is 0 Å². The van der Waals surface area contributed by atoms with Gasteiger partial charge in [0.05, 0.1) is 17.0 Å². The normalized spacial score (nSPS) is 15.9. The summed E-state index contributed by atoms with van der Waals surface area (Å²) in [5, 5.41) is 0.497. The first-order valence-electron chi connectivity index (χ1n) is 9.82. The summed E-state index contributed by atoms with van der Waals surface area (Å²) < 4.78 is 7.55. The van der Waals surface area contributed by atoms with Gasteiger partial charge in [-0.2, -0.15) is 0 Å². The lowest BCUT2D eigenvalue weighted by molar-refractivity contribution is -0.126. The van der Waals surface area contributed by atoms with Crippen molar-refractivity contribution in [2.45, 2.75) is 20.1 Å². The van der Waals surface area contributed by atoms with Crippen molar-refractivity contribution in [1.82, 2.24) is 4.57 Å². The summed E-state index contributed by atoms with van der Waals surface area (Å²) in [4.78, 5) is 32.2. The van der Waals surface area contributed by atoms with E-state index in [1.165, 1.54) is 4.90 Å². The van der Waals surface area contributed by atoms with Crippen molar-refractivity contribution in [2.24, 2.45) is 12.0 Å². The van der Waals surface area contributed by atoms with Gasteiger partial charge in [-0.25, -0.2) is 9.79 Å². The first-order chi connectivity index (χ1) is 14.8. The molecule has 0 saturated heterocycles. The monoisotopic (exact) mass is 435 g/mol. The zero-order valence-corrected chi connectivity index (χ0v) is 18.5. The molecule has 0 N–H and O–H groups in total. The number of ether oxygens (including phenoxy) is 1. The molecule has 0 radical (unpaired) electrons. The van der Waals surface area contributed by atoms with E-state index >= 15 is 0 Å². The maximum absolute atomic E-state index is 13.2. The molecule has 1 atom stereocenters. The van der Waals surface area contributed by atoms with Crippen LogP contribution in [0.5, 0.6) is 0 Å². The van der Waals surface area contributed by atoms with Gasteiger partial charge >= 0.3 is 5.97 Å².